The number of benzene rings is 3. The predicted octanol–water partition coefficient (Wildman–Crippen LogP) is 7.41. The van der Waals surface area contributed by atoms with E-state index in [1.165, 1.54) is 32.7 Å². The summed E-state index contributed by atoms with van der Waals surface area (Å²) in [5.74, 6) is -0.679. The molecular formula is C28H28F2O4S. The molecule has 0 spiro atoms. The zero-order valence-electron chi connectivity index (χ0n) is 19.6. The Morgan fingerprint density at radius 1 is 1.00 bits per heavy atom. The largest absolute Gasteiger partial charge is 0.460 e. The van der Waals surface area contributed by atoms with Gasteiger partial charge in [-0.05, 0) is 95.4 Å². The molecule has 3 aromatic carbocycles. The summed E-state index contributed by atoms with van der Waals surface area (Å²) in [7, 11) is 0. The van der Waals surface area contributed by atoms with Gasteiger partial charge in [0.1, 0.15) is 12.0 Å². The Morgan fingerprint density at radius 3 is 2.09 bits per heavy atom. The predicted molar refractivity (Wildman–Crippen MR) is 132 cm³/mol. The SMILES string of the molecule is Cc1c2ccccc2c(C23CC4CC(CC(COC(=O)C(F)(F)SOO)(C4)C2)C3)c2ccccc12. The molecule has 0 saturated heterocycles. The van der Waals surface area contributed by atoms with E-state index in [0.29, 0.717) is 11.8 Å². The molecule has 4 bridgehead atoms. The Labute approximate surface area is 207 Å². The van der Waals surface area contributed by atoms with Gasteiger partial charge in [0, 0.05) is 5.41 Å². The molecule has 0 heterocycles. The Kier molecular flexibility index (Phi) is 5.40. The van der Waals surface area contributed by atoms with Crippen LogP contribution in [0.3, 0.4) is 0 Å². The number of alkyl halides is 2. The van der Waals surface area contributed by atoms with Crippen molar-refractivity contribution in [3.05, 3.63) is 59.7 Å². The van der Waals surface area contributed by atoms with E-state index in [1.807, 2.05) is 0 Å². The van der Waals surface area contributed by atoms with E-state index in [9.17, 15) is 13.6 Å². The molecule has 2 unspecified atom stereocenters. The van der Waals surface area contributed by atoms with Crippen LogP contribution in [0.2, 0.25) is 0 Å². The second-order valence-electron chi connectivity index (χ2n) is 11.1. The zero-order valence-corrected chi connectivity index (χ0v) is 20.4. The van der Waals surface area contributed by atoms with Crippen LogP contribution in [0.15, 0.2) is 48.5 Å². The topological polar surface area (TPSA) is 55.8 Å². The number of hydrogen-bond donors (Lipinski definition) is 1. The number of esters is 1. The highest BCUT2D eigenvalue weighted by atomic mass is 32.2. The molecule has 3 aromatic rings. The van der Waals surface area contributed by atoms with Gasteiger partial charge in [0.25, 0.3) is 0 Å². The van der Waals surface area contributed by atoms with E-state index in [1.54, 1.807) is 0 Å². The third kappa shape index (κ3) is 3.66. The number of rotatable bonds is 6. The smallest absolute Gasteiger partial charge is 0.415 e. The van der Waals surface area contributed by atoms with Crippen molar-refractivity contribution in [2.75, 3.05) is 6.61 Å². The number of halogens is 2. The highest BCUT2D eigenvalue weighted by Gasteiger charge is 2.59. The van der Waals surface area contributed by atoms with Gasteiger partial charge in [0.05, 0.1) is 6.61 Å². The maximum atomic E-state index is 13.9. The van der Waals surface area contributed by atoms with Gasteiger partial charge >= 0.3 is 11.2 Å². The molecule has 0 aromatic heterocycles. The lowest BCUT2D eigenvalue weighted by molar-refractivity contribution is -0.175. The second kappa shape index (κ2) is 8.15. The number of ether oxygens (including phenoxy) is 1. The quantitative estimate of drug-likeness (QED) is 0.126. The summed E-state index contributed by atoms with van der Waals surface area (Å²) in [6, 6.07) is 17.2. The van der Waals surface area contributed by atoms with Crippen LogP contribution in [-0.4, -0.2) is 23.1 Å². The molecule has 4 nitrogen and oxygen atoms in total. The maximum absolute atomic E-state index is 13.9. The van der Waals surface area contributed by atoms with Crippen molar-refractivity contribution in [2.45, 2.75) is 56.1 Å². The standard InChI is InChI=1S/C28H28F2O4S/c1-17-20-6-2-4-8-22(20)24(23-9-5-3-7-21(17)23)27-13-18-10-19(14-27)12-26(11-18,15-27)16-33-25(31)28(29,30)35-34-32/h2-9,18-19,32H,10-16H2,1H3. The summed E-state index contributed by atoms with van der Waals surface area (Å²) < 4.78 is 36.5. The molecule has 184 valence electrons. The van der Waals surface area contributed by atoms with Crippen molar-refractivity contribution in [3.8, 4) is 0 Å². The van der Waals surface area contributed by atoms with E-state index in [4.69, 9.17) is 9.99 Å². The van der Waals surface area contributed by atoms with Crippen LogP contribution in [0.1, 0.15) is 49.7 Å². The van der Waals surface area contributed by atoms with Crippen molar-refractivity contribution >= 4 is 39.6 Å². The molecule has 7 rings (SSSR count). The monoisotopic (exact) mass is 498 g/mol. The van der Waals surface area contributed by atoms with E-state index < -0.39 is 23.3 Å². The first-order chi connectivity index (χ1) is 16.8. The van der Waals surface area contributed by atoms with Gasteiger partial charge in [-0.15, -0.1) is 0 Å². The first-order valence-electron chi connectivity index (χ1n) is 12.2. The fourth-order valence-corrected chi connectivity index (χ4v) is 8.44. The van der Waals surface area contributed by atoms with E-state index >= 15 is 0 Å². The Hall–Kier alpha value is -2.22. The maximum Gasteiger partial charge on any atom is 0.415 e. The van der Waals surface area contributed by atoms with E-state index in [-0.39, 0.29) is 17.4 Å². The number of fused-ring (bicyclic) bond motifs is 2. The lowest BCUT2D eigenvalue weighted by Crippen LogP contribution is -2.56. The normalized spacial score (nSPS) is 29.7. The van der Waals surface area contributed by atoms with Gasteiger partial charge in [0.15, 0.2) is 0 Å². The first-order valence-corrected chi connectivity index (χ1v) is 12.9. The lowest BCUT2D eigenvalue weighted by Gasteiger charge is -2.62. The molecule has 7 heteroatoms. The van der Waals surface area contributed by atoms with Crippen LogP contribution in [-0.2, 0) is 19.3 Å². The molecule has 35 heavy (non-hydrogen) atoms. The summed E-state index contributed by atoms with van der Waals surface area (Å²) in [6.45, 7) is 2.16. The summed E-state index contributed by atoms with van der Waals surface area (Å²) >= 11 is -0.593. The van der Waals surface area contributed by atoms with Crippen LogP contribution in [0.5, 0.6) is 0 Å². The van der Waals surface area contributed by atoms with Crippen LogP contribution in [0, 0.1) is 24.2 Å². The van der Waals surface area contributed by atoms with Gasteiger partial charge in [-0.1, -0.05) is 48.5 Å². The van der Waals surface area contributed by atoms with Crippen LogP contribution >= 0.6 is 12.0 Å². The van der Waals surface area contributed by atoms with E-state index in [2.05, 4.69) is 59.8 Å². The first kappa shape index (κ1) is 23.2. The number of aryl methyl sites for hydroxylation is 1. The molecule has 4 fully saturated rings. The molecule has 0 amide bonds. The molecule has 4 aliphatic carbocycles. The Bertz CT molecular complexity index is 1250. The average molecular weight is 499 g/mol. The second-order valence-corrected chi connectivity index (χ2v) is 11.9. The summed E-state index contributed by atoms with van der Waals surface area (Å²) in [5, 5.41) is 9.51. The minimum atomic E-state index is -3.95. The zero-order chi connectivity index (χ0) is 24.4. The molecule has 1 N–H and O–H groups in total. The third-order valence-electron chi connectivity index (χ3n) is 8.80. The fraction of sp³-hybridized carbons (Fsp3) is 0.464. The minimum Gasteiger partial charge on any atom is -0.460 e. The molecule has 4 saturated carbocycles. The molecule has 0 aliphatic heterocycles. The van der Waals surface area contributed by atoms with Crippen molar-refractivity contribution < 1.29 is 27.9 Å². The minimum absolute atomic E-state index is 0.0239. The fourth-order valence-electron chi connectivity index (χ4n) is 8.21. The van der Waals surface area contributed by atoms with Gasteiger partial charge in [0.2, 0.25) is 0 Å². The number of hydrogen-bond acceptors (Lipinski definition) is 5. The highest BCUT2D eigenvalue weighted by molar-refractivity contribution is 7.96. The molecule has 2 atom stereocenters. The highest BCUT2D eigenvalue weighted by Crippen LogP contribution is 2.67. The van der Waals surface area contributed by atoms with Crippen LogP contribution < -0.4 is 0 Å². The third-order valence-corrected chi connectivity index (χ3v) is 9.25. The van der Waals surface area contributed by atoms with Gasteiger partial charge < -0.3 is 4.74 Å². The van der Waals surface area contributed by atoms with Gasteiger partial charge in [-0.3, -0.25) is 0 Å². The van der Waals surface area contributed by atoms with Crippen molar-refractivity contribution in [2.24, 2.45) is 17.3 Å². The van der Waals surface area contributed by atoms with Crippen LogP contribution in [0.4, 0.5) is 8.78 Å². The molecule has 4 aliphatic rings. The summed E-state index contributed by atoms with van der Waals surface area (Å²) in [5.41, 5.74) is 2.27. The lowest BCUT2D eigenvalue weighted by atomic mass is 9.42. The molecule has 0 radical (unpaired) electrons. The Balaban J connectivity index is 1.44. The van der Waals surface area contributed by atoms with E-state index in [0.717, 1.165) is 38.5 Å². The van der Waals surface area contributed by atoms with Crippen molar-refractivity contribution in [1.29, 1.82) is 0 Å². The molecular weight excluding hydrogens is 470 g/mol. The van der Waals surface area contributed by atoms with Gasteiger partial charge in [-0.2, -0.15) is 13.1 Å². The summed E-state index contributed by atoms with van der Waals surface area (Å²) in [4.78, 5) is 12.1. The van der Waals surface area contributed by atoms with Crippen molar-refractivity contribution in [3.63, 3.8) is 0 Å². The summed E-state index contributed by atoms with van der Waals surface area (Å²) in [6.07, 6.45) is 5.95. The average Bonchev–Trinajstić information content (AvgIpc) is 2.82. The van der Waals surface area contributed by atoms with Gasteiger partial charge in [-0.25, -0.2) is 10.1 Å². The Morgan fingerprint density at radius 2 is 1.54 bits per heavy atom. The van der Waals surface area contributed by atoms with Crippen LogP contribution in [0.25, 0.3) is 21.5 Å². The van der Waals surface area contributed by atoms with Crippen molar-refractivity contribution in [1.82, 2.24) is 0 Å². The number of carbonyl (C=O) groups is 1. The number of carbonyl (C=O) groups excluding carboxylic acids is 1.